The summed E-state index contributed by atoms with van der Waals surface area (Å²) < 4.78 is 33.0. The number of rotatable bonds is 4. The number of aromatic nitrogens is 1. The van der Waals surface area contributed by atoms with Gasteiger partial charge in [-0.2, -0.15) is 0 Å². The summed E-state index contributed by atoms with van der Waals surface area (Å²) in [5.74, 6) is -2.96. The minimum atomic E-state index is -2.73. The maximum absolute atomic E-state index is 13.7. The van der Waals surface area contributed by atoms with Crippen LogP contribution in [0.15, 0.2) is 42.6 Å². The third-order valence-electron chi connectivity index (χ3n) is 6.91. The summed E-state index contributed by atoms with van der Waals surface area (Å²) >= 11 is 0. The van der Waals surface area contributed by atoms with Crippen LogP contribution in [0.25, 0.3) is 11.1 Å². The molecule has 4 rings (SSSR count). The molecule has 0 atom stereocenters. The Bertz CT molecular complexity index is 1010. The van der Waals surface area contributed by atoms with Gasteiger partial charge >= 0.3 is 6.09 Å². The first-order chi connectivity index (χ1) is 14.5. The molecule has 1 amide bonds. The largest absolute Gasteiger partial charge is 0.440 e. The molecule has 2 aromatic rings. The Balaban J connectivity index is 1.51. The Morgan fingerprint density at radius 3 is 2.35 bits per heavy atom. The lowest BCUT2D eigenvalue weighted by molar-refractivity contribution is -0.115. The van der Waals surface area contributed by atoms with Crippen molar-refractivity contribution < 1.29 is 23.1 Å². The van der Waals surface area contributed by atoms with Gasteiger partial charge in [-0.05, 0) is 45.2 Å². The highest BCUT2D eigenvalue weighted by Gasteiger charge is 2.62. The fourth-order valence-electron chi connectivity index (χ4n) is 4.68. The molecule has 1 aromatic carbocycles. The number of halogens is 2. The highest BCUT2D eigenvalue weighted by atomic mass is 19.3. The average Bonchev–Trinajstić information content (AvgIpc) is 2.91. The summed E-state index contributed by atoms with van der Waals surface area (Å²) in [7, 11) is 0. The number of carbonyl (C=O) groups excluding carboxylic acids is 2. The molecule has 0 radical (unpaired) electrons. The first kappa shape index (κ1) is 21.4. The van der Waals surface area contributed by atoms with E-state index in [0.717, 1.165) is 16.8 Å². The number of hydrogen-bond donors (Lipinski definition) is 0. The van der Waals surface area contributed by atoms with E-state index in [1.54, 1.807) is 32.2 Å². The van der Waals surface area contributed by atoms with E-state index in [1.807, 2.05) is 31.2 Å². The van der Waals surface area contributed by atoms with Crippen LogP contribution in [0, 0.1) is 6.92 Å². The number of ketones is 1. The van der Waals surface area contributed by atoms with Crippen molar-refractivity contribution in [1.29, 1.82) is 0 Å². The zero-order valence-corrected chi connectivity index (χ0v) is 18.0. The number of carbonyl (C=O) groups is 2. The van der Waals surface area contributed by atoms with E-state index in [0.29, 0.717) is 5.56 Å². The highest BCUT2D eigenvalue weighted by molar-refractivity contribution is 5.99. The molecular weight excluding hydrogens is 402 g/mol. The predicted molar refractivity (Wildman–Crippen MR) is 112 cm³/mol. The number of nitrogens with zero attached hydrogens (tertiary/aromatic N) is 2. The Morgan fingerprint density at radius 1 is 1.10 bits per heavy atom. The van der Waals surface area contributed by atoms with Crippen molar-refractivity contribution in [1.82, 2.24) is 9.88 Å². The monoisotopic (exact) mass is 428 g/mol. The number of alkyl halides is 2. The van der Waals surface area contributed by atoms with E-state index < -0.39 is 23.2 Å². The lowest BCUT2D eigenvalue weighted by Gasteiger charge is -2.45. The van der Waals surface area contributed by atoms with E-state index in [2.05, 4.69) is 4.98 Å². The van der Waals surface area contributed by atoms with Crippen molar-refractivity contribution in [3.8, 4) is 11.1 Å². The van der Waals surface area contributed by atoms with Crippen LogP contribution in [0.3, 0.4) is 0 Å². The topological polar surface area (TPSA) is 59.5 Å². The average molecular weight is 428 g/mol. The Morgan fingerprint density at radius 2 is 1.74 bits per heavy atom. The quantitative estimate of drug-likeness (QED) is 0.610. The summed E-state index contributed by atoms with van der Waals surface area (Å²) in [4.78, 5) is 31.2. The molecular formula is C24H26F2N2O3. The van der Waals surface area contributed by atoms with Crippen molar-refractivity contribution in [3.05, 3.63) is 53.9 Å². The normalized spacial score (nSPS) is 21.2. The van der Waals surface area contributed by atoms with Crippen molar-refractivity contribution >= 4 is 11.9 Å². The predicted octanol–water partition coefficient (Wildman–Crippen LogP) is 5.42. The SMILES string of the molecule is Cc1ncccc1-c1ccc(C(=O)CN2C(=O)OC3(CCC(F)(F)CC3)C2(C)C)cc1. The molecule has 1 spiro atoms. The molecule has 31 heavy (non-hydrogen) atoms. The van der Waals surface area contributed by atoms with Crippen LogP contribution < -0.4 is 0 Å². The fourth-order valence-corrected chi connectivity index (χ4v) is 4.68. The second-order valence-corrected chi connectivity index (χ2v) is 9.00. The first-order valence-corrected chi connectivity index (χ1v) is 10.5. The lowest BCUT2D eigenvalue weighted by atomic mass is 9.71. The Hall–Kier alpha value is -2.83. The summed E-state index contributed by atoms with van der Waals surface area (Å²) in [6.45, 7) is 5.35. The van der Waals surface area contributed by atoms with Crippen LogP contribution in [0.5, 0.6) is 0 Å². The van der Waals surface area contributed by atoms with Gasteiger partial charge in [0, 0.05) is 35.9 Å². The number of benzene rings is 1. The summed E-state index contributed by atoms with van der Waals surface area (Å²) in [6, 6.07) is 11.0. The maximum atomic E-state index is 13.7. The molecule has 7 heteroatoms. The van der Waals surface area contributed by atoms with Gasteiger partial charge in [-0.3, -0.25) is 14.7 Å². The van der Waals surface area contributed by atoms with Gasteiger partial charge in [-0.25, -0.2) is 13.6 Å². The summed E-state index contributed by atoms with van der Waals surface area (Å²) in [6.07, 6.45) is 0.645. The van der Waals surface area contributed by atoms with Crippen LogP contribution in [-0.2, 0) is 4.74 Å². The molecule has 0 bridgehead atoms. The highest BCUT2D eigenvalue weighted by Crippen LogP contribution is 2.51. The van der Waals surface area contributed by atoms with E-state index in [9.17, 15) is 18.4 Å². The summed E-state index contributed by atoms with van der Waals surface area (Å²) in [5.41, 5.74) is 1.46. The van der Waals surface area contributed by atoms with Gasteiger partial charge in [0.2, 0.25) is 5.92 Å². The Labute approximate surface area is 180 Å². The van der Waals surface area contributed by atoms with Crippen molar-refractivity contribution in [2.24, 2.45) is 0 Å². The van der Waals surface area contributed by atoms with Crippen molar-refractivity contribution in [2.45, 2.75) is 63.5 Å². The van der Waals surface area contributed by atoms with Gasteiger partial charge in [0.05, 0.1) is 12.1 Å². The van der Waals surface area contributed by atoms with Gasteiger partial charge in [0.1, 0.15) is 5.60 Å². The molecule has 164 valence electrons. The fraction of sp³-hybridized carbons (Fsp3) is 0.458. The van der Waals surface area contributed by atoms with E-state index in [4.69, 9.17) is 4.74 Å². The Kier molecular flexibility index (Phi) is 5.10. The molecule has 0 N–H and O–H groups in total. The van der Waals surface area contributed by atoms with Gasteiger partial charge < -0.3 is 4.74 Å². The number of pyridine rings is 1. The standard InChI is InChI=1S/C24H26F2N2O3/c1-16-19(5-4-14-27-16)17-6-8-18(9-7-17)20(29)15-28-21(30)31-23(22(28,2)3)10-12-24(25,26)13-11-23/h4-9,14H,10-13,15H2,1-3H3. The third kappa shape index (κ3) is 3.70. The molecule has 2 heterocycles. The van der Waals surface area contributed by atoms with E-state index in [-0.39, 0.29) is 38.0 Å². The number of aryl methyl sites for hydroxylation is 1. The van der Waals surface area contributed by atoms with Gasteiger partial charge in [-0.1, -0.05) is 30.3 Å². The van der Waals surface area contributed by atoms with Crippen LogP contribution in [0.1, 0.15) is 55.6 Å². The summed E-state index contributed by atoms with van der Waals surface area (Å²) in [5, 5.41) is 0. The van der Waals surface area contributed by atoms with Gasteiger partial charge in [0.15, 0.2) is 5.78 Å². The molecule has 2 aliphatic rings. The van der Waals surface area contributed by atoms with E-state index in [1.165, 1.54) is 4.90 Å². The molecule has 0 unspecified atom stereocenters. The zero-order chi connectivity index (χ0) is 22.4. The lowest BCUT2D eigenvalue weighted by Crippen LogP contribution is -2.57. The zero-order valence-electron chi connectivity index (χ0n) is 18.0. The second-order valence-electron chi connectivity index (χ2n) is 9.00. The van der Waals surface area contributed by atoms with Gasteiger partial charge in [-0.15, -0.1) is 0 Å². The third-order valence-corrected chi connectivity index (χ3v) is 6.91. The first-order valence-electron chi connectivity index (χ1n) is 10.5. The molecule has 5 nitrogen and oxygen atoms in total. The molecule has 1 aliphatic heterocycles. The number of ether oxygens (including phenoxy) is 1. The smallest absolute Gasteiger partial charge is 0.411 e. The maximum Gasteiger partial charge on any atom is 0.411 e. The number of amides is 1. The number of hydrogen-bond acceptors (Lipinski definition) is 4. The van der Waals surface area contributed by atoms with Crippen molar-refractivity contribution in [3.63, 3.8) is 0 Å². The van der Waals surface area contributed by atoms with Crippen LogP contribution in [0.2, 0.25) is 0 Å². The molecule has 2 fully saturated rings. The number of Topliss-reactive ketones (excluding diaryl/α,β-unsaturated/α-hetero) is 1. The van der Waals surface area contributed by atoms with Crippen LogP contribution >= 0.6 is 0 Å². The van der Waals surface area contributed by atoms with Crippen LogP contribution in [0.4, 0.5) is 13.6 Å². The minimum absolute atomic E-state index is 0.0859. The molecule has 1 aromatic heterocycles. The molecule has 1 saturated carbocycles. The minimum Gasteiger partial charge on any atom is -0.440 e. The molecule has 1 saturated heterocycles. The second kappa shape index (κ2) is 7.39. The van der Waals surface area contributed by atoms with Crippen LogP contribution in [-0.4, -0.2) is 45.4 Å². The molecule has 1 aliphatic carbocycles. The van der Waals surface area contributed by atoms with E-state index >= 15 is 0 Å². The van der Waals surface area contributed by atoms with Gasteiger partial charge in [0.25, 0.3) is 0 Å². The van der Waals surface area contributed by atoms with Crippen molar-refractivity contribution in [2.75, 3.05) is 6.54 Å².